The summed E-state index contributed by atoms with van der Waals surface area (Å²) >= 11 is 3.76. The third-order valence-electron chi connectivity index (χ3n) is 9.02. The van der Waals surface area contributed by atoms with E-state index in [0.29, 0.717) is 6.42 Å². The van der Waals surface area contributed by atoms with Crippen LogP contribution in [0.5, 0.6) is 11.5 Å². The van der Waals surface area contributed by atoms with Crippen molar-refractivity contribution in [2.24, 2.45) is 0 Å². The number of rotatable bonds is 24. The second-order valence-corrected chi connectivity index (χ2v) is 15.7. The summed E-state index contributed by atoms with van der Waals surface area (Å²) in [7, 11) is 3.25. The van der Waals surface area contributed by atoms with Crippen LogP contribution in [0.1, 0.15) is 132 Å². The molecule has 0 fully saturated rings. The summed E-state index contributed by atoms with van der Waals surface area (Å²) < 4.78 is 22.9. The minimum absolute atomic E-state index is 0.184. The Balaban J connectivity index is 2.65. The maximum absolute atomic E-state index is 5.90. The zero-order valence-electron chi connectivity index (χ0n) is 35.6. The van der Waals surface area contributed by atoms with Crippen molar-refractivity contribution in [2.75, 3.05) is 27.8 Å². The molecule has 1 aromatic carbocycles. The number of methoxy groups -OCH3 is 2. The van der Waals surface area contributed by atoms with Gasteiger partial charge in [0, 0.05) is 19.8 Å². The molecular formula is C48H71BrO4. The Kier molecular flexibility index (Phi) is 24.8. The van der Waals surface area contributed by atoms with Crippen molar-refractivity contribution < 1.29 is 18.9 Å². The largest absolute Gasteiger partial charge is 0.467 e. The molecule has 1 rings (SSSR count). The van der Waals surface area contributed by atoms with Crippen molar-refractivity contribution in [1.82, 2.24) is 0 Å². The van der Waals surface area contributed by atoms with Crippen molar-refractivity contribution >= 4 is 15.9 Å². The van der Waals surface area contributed by atoms with E-state index < -0.39 is 0 Å². The van der Waals surface area contributed by atoms with E-state index >= 15 is 0 Å². The van der Waals surface area contributed by atoms with Gasteiger partial charge in [-0.2, -0.15) is 0 Å². The van der Waals surface area contributed by atoms with Gasteiger partial charge in [-0.05, 0) is 162 Å². The van der Waals surface area contributed by atoms with Crippen LogP contribution >= 0.6 is 15.9 Å². The van der Waals surface area contributed by atoms with Gasteiger partial charge in [0.2, 0.25) is 0 Å². The molecule has 0 unspecified atom stereocenters. The number of aryl methyl sites for hydroxylation is 1. The second kappa shape index (κ2) is 27.5. The summed E-state index contributed by atoms with van der Waals surface area (Å²) in [5, 5.41) is 0. The number of allylic oxidation sites excluding steroid dienone is 18. The summed E-state index contributed by atoms with van der Waals surface area (Å²) in [5.41, 5.74) is 14.6. The normalized spacial score (nSPS) is 14.2. The Morgan fingerprint density at radius 3 is 1.15 bits per heavy atom. The van der Waals surface area contributed by atoms with Gasteiger partial charge in [0.1, 0.15) is 11.5 Å². The van der Waals surface area contributed by atoms with Crippen molar-refractivity contribution in [1.29, 1.82) is 0 Å². The minimum Gasteiger partial charge on any atom is -0.467 e. The molecule has 0 saturated heterocycles. The fraction of sp³-hybridized carbons (Fsp3) is 0.500. The molecule has 0 aliphatic carbocycles. The Bertz CT molecular complexity index is 1570. The van der Waals surface area contributed by atoms with Gasteiger partial charge < -0.3 is 18.9 Å². The molecule has 0 spiro atoms. The van der Waals surface area contributed by atoms with Gasteiger partial charge >= 0.3 is 0 Å². The quantitative estimate of drug-likeness (QED) is 0.0772. The Hall–Kier alpha value is -3.12. The summed E-state index contributed by atoms with van der Waals surface area (Å²) in [4.78, 5) is 0. The molecule has 0 N–H and O–H groups in total. The van der Waals surface area contributed by atoms with Crippen LogP contribution in [0.2, 0.25) is 0 Å². The van der Waals surface area contributed by atoms with Crippen LogP contribution in [-0.2, 0) is 15.9 Å². The predicted molar refractivity (Wildman–Crippen MR) is 234 cm³/mol. The van der Waals surface area contributed by atoms with Crippen LogP contribution in [-0.4, -0.2) is 27.8 Å². The average molecular weight is 792 g/mol. The number of benzene rings is 1. The third-order valence-corrected chi connectivity index (χ3v) is 9.85. The smallest absolute Gasteiger partial charge is 0.188 e. The average Bonchev–Trinajstić information content (AvgIpc) is 3.12. The summed E-state index contributed by atoms with van der Waals surface area (Å²) in [5.74, 6) is 1.56. The van der Waals surface area contributed by atoms with Crippen LogP contribution in [0.3, 0.4) is 0 Å². The van der Waals surface area contributed by atoms with Crippen LogP contribution in [0.25, 0.3) is 0 Å². The molecule has 0 aromatic heterocycles. The SMILES string of the molecule is COCOc1cc(C)c(OCOC)c(Br)c1C/C=C(\C)C/C=C(\C)C/C=C(\C)C/C=C(\C)C/C=C(\C)C/C=C(\C)C/C=C(\C)C/C=C(\C)CC=C(C)C. The van der Waals surface area contributed by atoms with E-state index in [9.17, 15) is 0 Å². The first-order valence-corrected chi connectivity index (χ1v) is 19.9. The van der Waals surface area contributed by atoms with Crippen LogP contribution in [0.15, 0.2) is 115 Å². The van der Waals surface area contributed by atoms with Gasteiger partial charge in [0.05, 0.1) is 4.47 Å². The highest BCUT2D eigenvalue weighted by Gasteiger charge is 2.16. The maximum atomic E-state index is 5.90. The topological polar surface area (TPSA) is 36.9 Å². The molecule has 0 atom stereocenters. The van der Waals surface area contributed by atoms with Gasteiger partial charge in [0.25, 0.3) is 0 Å². The predicted octanol–water partition coefficient (Wildman–Crippen LogP) is 14.9. The van der Waals surface area contributed by atoms with Crippen molar-refractivity contribution in [3.63, 3.8) is 0 Å². The van der Waals surface area contributed by atoms with E-state index in [1.165, 1.54) is 50.2 Å². The summed E-state index contributed by atoms with van der Waals surface area (Å²) in [6.07, 6.45) is 29.9. The van der Waals surface area contributed by atoms with Gasteiger partial charge in [0.15, 0.2) is 13.6 Å². The van der Waals surface area contributed by atoms with E-state index in [-0.39, 0.29) is 13.6 Å². The fourth-order valence-corrected chi connectivity index (χ4v) is 5.94. The third kappa shape index (κ3) is 22.0. The number of halogens is 1. The molecule has 53 heavy (non-hydrogen) atoms. The van der Waals surface area contributed by atoms with Gasteiger partial charge in [-0.1, -0.05) is 105 Å². The molecule has 0 heterocycles. The van der Waals surface area contributed by atoms with Gasteiger partial charge in [-0.3, -0.25) is 0 Å². The lowest BCUT2D eigenvalue weighted by atomic mass is 10.0. The number of hydrogen-bond donors (Lipinski definition) is 0. The molecule has 1 aromatic rings. The lowest BCUT2D eigenvalue weighted by Crippen LogP contribution is -2.06. The van der Waals surface area contributed by atoms with Gasteiger partial charge in [-0.15, -0.1) is 0 Å². The molecule has 0 saturated carbocycles. The summed E-state index contributed by atoms with van der Waals surface area (Å²) in [6.45, 7) is 24.6. The summed E-state index contributed by atoms with van der Waals surface area (Å²) in [6, 6.07) is 2.00. The molecule has 0 bridgehead atoms. The standard InChI is InChI=1S/C48H71BrO4/c1-35(2)14-15-36(3)16-17-37(4)18-19-38(5)20-21-39(6)22-23-40(7)24-25-41(8)26-27-42(9)28-29-43(10)30-31-45-46(52-33-50-12)32-44(11)48(47(45)49)53-34-51-13/h14,16,18,20,22,24,26,28,30,32H,15,17,19,21,23,25,27,29,31,33-34H2,1-13H3/b36-16+,37-18+,38-20+,39-22+,40-24+,41-26+,42-28+,43-30+. The van der Waals surface area contributed by atoms with E-state index in [1.54, 1.807) is 14.2 Å². The molecular weight excluding hydrogens is 720 g/mol. The first kappa shape index (κ1) is 47.9. The highest BCUT2D eigenvalue weighted by molar-refractivity contribution is 9.10. The van der Waals surface area contributed by atoms with Crippen molar-refractivity contribution in [2.45, 2.75) is 134 Å². The molecule has 0 amide bonds. The van der Waals surface area contributed by atoms with E-state index in [4.69, 9.17) is 18.9 Å². The van der Waals surface area contributed by atoms with Gasteiger partial charge in [-0.25, -0.2) is 0 Å². The zero-order valence-corrected chi connectivity index (χ0v) is 37.1. The van der Waals surface area contributed by atoms with Crippen LogP contribution < -0.4 is 9.47 Å². The lowest BCUT2D eigenvalue weighted by molar-refractivity contribution is 0.0470. The first-order chi connectivity index (χ1) is 25.2. The van der Waals surface area contributed by atoms with E-state index in [2.05, 4.69) is 140 Å². The van der Waals surface area contributed by atoms with Crippen LogP contribution in [0, 0.1) is 6.92 Å². The monoisotopic (exact) mass is 790 g/mol. The highest BCUT2D eigenvalue weighted by Crippen LogP contribution is 2.39. The first-order valence-electron chi connectivity index (χ1n) is 19.1. The Morgan fingerprint density at radius 2 is 0.811 bits per heavy atom. The van der Waals surface area contributed by atoms with Crippen molar-refractivity contribution in [3.05, 3.63) is 127 Å². The maximum Gasteiger partial charge on any atom is 0.188 e. The minimum atomic E-state index is 0.184. The van der Waals surface area contributed by atoms with Crippen molar-refractivity contribution in [3.8, 4) is 11.5 Å². The highest BCUT2D eigenvalue weighted by atomic mass is 79.9. The lowest BCUT2D eigenvalue weighted by Gasteiger charge is -2.18. The van der Waals surface area contributed by atoms with Crippen LogP contribution in [0.4, 0.5) is 0 Å². The molecule has 4 nitrogen and oxygen atoms in total. The second-order valence-electron chi connectivity index (χ2n) is 14.9. The molecule has 294 valence electrons. The molecule has 0 aliphatic heterocycles. The molecule has 0 aliphatic rings. The zero-order chi connectivity index (χ0) is 39.8. The fourth-order valence-electron chi connectivity index (χ4n) is 5.16. The number of hydrogen-bond acceptors (Lipinski definition) is 4. The molecule has 0 radical (unpaired) electrons. The number of ether oxygens (including phenoxy) is 4. The van der Waals surface area contributed by atoms with E-state index in [1.807, 2.05) is 13.0 Å². The molecule has 5 heteroatoms. The Morgan fingerprint density at radius 1 is 0.491 bits per heavy atom. The van der Waals surface area contributed by atoms with E-state index in [0.717, 1.165) is 78.5 Å². The Labute approximate surface area is 333 Å².